The molecule has 0 aliphatic heterocycles. The van der Waals surface area contributed by atoms with Crippen LogP contribution >= 0.6 is 11.6 Å². The maximum Gasteiger partial charge on any atom is 0.123 e. The Bertz CT molecular complexity index is 348. The number of pyridine rings is 1. The fourth-order valence-electron chi connectivity index (χ4n) is 1.78. The number of aliphatic hydroxyl groups excluding tert-OH is 2. The molecule has 4 nitrogen and oxygen atoms in total. The number of aromatic nitrogens is 1. The van der Waals surface area contributed by atoms with E-state index >= 15 is 0 Å². The van der Waals surface area contributed by atoms with Gasteiger partial charge in [-0.1, -0.05) is 0 Å². The monoisotopic (exact) mass is 244 g/mol. The van der Waals surface area contributed by atoms with Gasteiger partial charge in [0.1, 0.15) is 11.9 Å². The van der Waals surface area contributed by atoms with Crippen molar-refractivity contribution in [3.63, 3.8) is 0 Å². The van der Waals surface area contributed by atoms with Gasteiger partial charge in [0.2, 0.25) is 0 Å². The molecule has 90 valence electrons. The minimum Gasteiger partial charge on any atom is -0.390 e. The van der Waals surface area contributed by atoms with Gasteiger partial charge in [-0.15, -0.1) is 11.6 Å². The number of nitrogen functional groups attached to an aromatic ring is 1. The van der Waals surface area contributed by atoms with Gasteiger partial charge in [0.05, 0.1) is 6.10 Å². The Balaban J connectivity index is 3.03. The lowest BCUT2D eigenvalue weighted by atomic mass is 9.97. The third kappa shape index (κ3) is 2.84. The van der Waals surface area contributed by atoms with Crippen LogP contribution in [0.1, 0.15) is 29.3 Å². The highest BCUT2D eigenvalue weighted by atomic mass is 35.5. The average Bonchev–Trinajstić information content (AvgIpc) is 2.16. The number of alkyl halides is 1. The van der Waals surface area contributed by atoms with Crippen LogP contribution in [-0.2, 0) is 0 Å². The molecule has 4 N–H and O–H groups in total. The molecule has 5 heteroatoms. The molecule has 1 aromatic rings. The first-order chi connectivity index (χ1) is 7.47. The first-order valence-corrected chi connectivity index (χ1v) is 5.66. The Hall–Kier alpha value is -0.840. The summed E-state index contributed by atoms with van der Waals surface area (Å²) in [6.45, 7) is 3.59. The van der Waals surface area contributed by atoms with Gasteiger partial charge >= 0.3 is 0 Å². The van der Waals surface area contributed by atoms with Crippen molar-refractivity contribution in [3.05, 3.63) is 22.9 Å². The van der Waals surface area contributed by atoms with E-state index in [2.05, 4.69) is 4.98 Å². The summed E-state index contributed by atoms with van der Waals surface area (Å²) >= 11 is 5.53. The smallest absolute Gasteiger partial charge is 0.123 e. The molecule has 1 aromatic heterocycles. The van der Waals surface area contributed by atoms with Gasteiger partial charge in [-0.05, 0) is 31.9 Å². The number of nitrogens with zero attached hydrogens (tertiary/aromatic N) is 1. The van der Waals surface area contributed by atoms with Crippen LogP contribution in [0, 0.1) is 13.8 Å². The quantitative estimate of drug-likeness (QED) is 0.698. The van der Waals surface area contributed by atoms with E-state index in [0.717, 1.165) is 5.56 Å². The zero-order valence-electron chi connectivity index (χ0n) is 9.44. The molecule has 16 heavy (non-hydrogen) atoms. The highest BCUT2D eigenvalue weighted by Crippen LogP contribution is 2.26. The predicted molar refractivity (Wildman–Crippen MR) is 64.4 cm³/mol. The van der Waals surface area contributed by atoms with Crippen molar-refractivity contribution in [2.24, 2.45) is 0 Å². The number of nitrogens with two attached hydrogens (primary N) is 1. The number of rotatable bonds is 4. The molecule has 0 spiro atoms. The largest absolute Gasteiger partial charge is 0.390 e. The average molecular weight is 245 g/mol. The van der Waals surface area contributed by atoms with Crippen molar-refractivity contribution in [3.8, 4) is 0 Å². The summed E-state index contributed by atoms with van der Waals surface area (Å²) in [6, 6.07) is 1.68. The summed E-state index contributed by atoms with van der Waals surface area (Å²) in [4.78, 5) is 4.07. The Morgan fingerprint density at radius 2 is 2.06 bits per heavy atom. The van der Waals surface area contributed by atoms with Gasteiger partial charge in [0.15, 0.2) is 0 Å². The van der Waals surface area contributed by atoms with E-state index in [0.29, 0.717) is 29.4 Å². The zero-order chi connectivity index (χ0) is 12.3. The van der Waals surface area contributed by atoms with Crippen molar-refractivity contribution >= 4 is 17.4 Å². The number of hydrogen-bond acceptors (Lipinski definition) is 4. The predicted octanol–water partition coefficient (Wildman–Crippen LogP) is 1.30. The molecule has 0 radical (unpaired) electrons. The van der Waals surface area contributed by atoms with E-state index in [1.54, 1.807) is 13.0 Å². The van der Waals surface area contributed by atoms with Gasteiger partial charge in [0.25, 0.3) is 0 Å². The van der Waals surface area contributed by atoms with Crippen molar-refractivity contribution in [1.29, 1.82) is 0 Å². The summed E-state index contributed by atoms with van der Waals surface area (Å²) in [5.41, 5.74) is 7.68. The molecular formula is C11H17ClN2O2. The highest BCUT2D eigenvalue weighted by molar-refractivity contribution is 6.17. The van der Waals surface area contributed by atoms with Gasteiger partial charge < -0.3 is 15.9 Å². The molecule has 2 atom stereocenters. The Morgan fingerprint density at radius 1 is 1.44 bits per heavy atom. The molecule has 0 aliphatic rings. The van der Waals surface area contributed by atoms with Crippen LogP contribution in [0.15, 0.2) is 6.07 Å². The summed E-state index contributed by atoms with van der Waals surface area (Å²) in [7, 11) is 0. The molecule has 0 saturated heterocycles. The zero-order valence-corrected chi connectivity index (χ0v) is 10.2. The Kier molecular flexibility index (Phi) is 4.53. The van der Waals surface area contributed by atoms with E-state index in [1.807, 2.05) is 6.92 Å². The summed E-state index contributed by atoms with van der Waals surface area (Å²) in [5, 5.41) is 19.7. The highest BCUT2D eigenvalue weighted by Gasteiger charge is 2.22. The second-order valence-electron chi connectivity index (χ2n) is 3.85. The van der Waals surface area contributed by atoms with Crippen molar-refractivity contribution in [1.82, 2.24) is 4.98 Å². The molecule has 0 aromatic carbocycles. The maximum atomic E-state index is 9.98. The molecule has 0 aliphatic carbocycles. The van der Waals surface area contributed by atoms with Crippen LogP contribution in [0.5, 0.6) is 0 Å². The Morgan fingerprint density at radius 3 is 2.56 bits per heavy atom. The van der Waals surface area contributed by atoms with Crippen LogP contribution in [0.3, 0.4) is 0 Å². The fourth-order valence-corrected chi connectivity index (χ4v) is 2.00. The molecule has 0 bridgehead atoms. The van der Waals surface area contributed by atoms with Crippen LogP contribution < -0.4 is 5.73 Å². The van der Waals surface area contributed by atoms with E-state index in [9.17, 15) is 10.2 Å². The molecule has 1 heterocycles. The topological polar surface area (TPSA) is 79.4 Å². The number of aliphatic hydroxyl groups is 2. The lowest BCUT2D eigenvalue weighted by Crippen LogP contribution is -2.21. The second kappa shape index (κ2) is 5.48. The lowest BCUT2D eigenvalue weighted by Gasteiger charge is -2.20. The van der Waals surface area contributed by atoms with Crippen LogP contribution in [0.25, 0.3) is 0 Å². The molecular weight excluding hydrogens is 228 g/mol. The summed E-state index contributed by atoms with van der Waals surface area (Å²) in [5.74, 6) is 0.719. The standard InChI is InChI=1S/C11H17ClN2O2/c1-6-5-9(13)14-7(2)10(6)11(16)8(15)3-4-12/h5,8,11,15-16H,3-4H2,1-2H3,(H2,13,14). The van der Waals surface area contributed by atoms with E-state index in [-0.39, 0.29) is 0 Å². The second-order valence-corrected chi connectivity index (χ2v) is 4.23. The van der Waals surface area contributed by atoms with E-state index < -0.39 is 12.2 Å². The minimum atomic E-state index is -0.966. The van der Waals surface area contributed by atoms with E-state index in [1.165, 1.54) is 0 Å². The number of hydrogen-bond donors (Lipinski definition) is 3. The minimum absolute atomic E-state index is 0.304. The SMILES string of the molecule is Cc1cc(N)nc(C)c1C(O)C(O)CCCl. The van der Waals surface area contributed by atoms with E-state index in [4.69, 9.17) is 17.3 Å². The normalized spacial score (nSPS) is 14.8. The van der Waals surface area contributed by atoms with Crippen LogP contribution in [-0.4, -0.2) is 27.2 Å². The lowest BCUT2D eigenvalue weighted by molar-refractivity contribution is 0.0160. The number of anilines is 1. The first kappa shape index (κ1) is 13.2. The van der Waals surface area contributed by atoms with Gasteiger partial charge in [0, 0.05) is 17.1 Å². The Labute approximate surface area is 100 Å². The first-order valence-electron chi connectivity index (χ1n) is 5.13. The summed E-state index contributed by atoms with van der Waals surface area (Å²) in [6.07, 6.45) is -1.50. The molecule has 0 amide bonds. The van der Waals surface area contributed by atoms with Gasteiger partial charge in [-0.25, -0.2) is 4.98 Å². The van der Waals surface area contributed by atoms with Crippen LogP contribution in [0.2, 0.25) is 0 Å². The van der Waals surface area contributed by atoms with Crippen LogP contribution in [0.4, 0.5) is 5.82 Å². The number of aryl methyl sites for hydroxylation is 2. The van der Waals surface area contributed by atoms with Crippen molar-refractivity contribution in [2.75, 3.05) is 11.6 Å². The third-order valence-electron chi connectivity index (χ3n) is 2.54. The van der Waals surface area contributed by atoms with Gasteiger partial charge in [-0.3, -0.25) is 0 Å². The molecule has 0 fully saturated rings. The third-order valence-corrected chi connectivity index (χ3v) is 2.76. The number of halogens is 1. The summed E-state index contributed by atoms with van der Waals surface area (Å²) < 4.78 is 0. The van der Waals surface area contributed by atoms with Crippen molar-refractivity contribution in [2.45, 2.75) is 32.5 Å². The molecule has 0 saturated carbocycles. The van der Waals surface area contributed by atoms with Crippen molar-refractivity contribution < 1.29 is 10.2 Å². The van der Waals surface area contributed by atoms with Gasteiger partial charge in [-0.2, -0.15) is 0 Å². The maximum absolute atomic E-state index is 9.98. The fraction of sp³-hybridized carbons (Fsp3) is 0.545. The molecule has 1 rings (SSSR count). The molecule has 2 unspecified atom stereocenters.